The second-order valence-electron chi connectivity index (χ2n) is 4.56. The van der Waals surface area contributed by atoms with Crippen molar-refractivity contribution < 1.29 is 4.74 Å². The van der Waals surface area contributed by atoms with Gasteiger partial charge >= 0.3 is 0 Å². The van der Waals surface area contributed by atoms with Crippen LogP contribution in [-0.2, 0) is 0 Å². The molecule has 0 fully saturated rings. The van der Waals surface area contributed by atoms with Gasteiger partial charge in [-0.15, -0.1) is 0 Å². The summed E-state index contributed by atoms with van der Waals surface area (Å²) in [5.41, 5.74) is -0.201. The number of aromatic nitrogens is 2. The zero-order valence-electron chi connectivity index (χ0n) is 11.7. The molecule has 2 rings (SSSR count). The van der Waals surface area contributed by atoms with Gasteiger partial charge in [-0.2, -0.15) is 4.98 Å². The summed E-state index contributed by atoms with van der Waals surface area (Å²) in [4.78, 5) is 15.4. The first-order chi connectivity index (χ1) is 9.66. The summed E-state index contributed by atoms with van der Waals surface area (Å²) < 4.78 is 7.62. The molecule has 5 heteroatoms. The molecule has 0 saturated carbocycles. The Bertz CT molecular complexity index is 596. The fourth-order valence-corrected chi connectivity index (χ4v) is 2.63. The number of benzene rings is 1. The van der Waals surface area contributed by atoms with Crippen LogP contribution in [0.5, 0.6) is 5.75 Å². The van der Waals surface area contributed by atoms with Crippen LogP contribution in [0.3, 0.4) is 0 Å². The molecule has 1 aromatic carbocycles. The Morgan fingerprint density at radius 2 is 2.00 bits per heavy atom. The Labute approximate surface area is 122 Å². The van der Waals surface area contributed by atoms with E-state index in [4.69, 9.17) is 4.74 Å². The van der Waals surface area contributed by atoms with E-state index < -0.39 is 0 Å². The van der Waals surface area contributed by atoms with Crippen LogP contribution in [0.4, 0.5) is 0 Å². The van der Waals surface area contributed by atoms with Crippen LogP contribution < -0.4 is 10.3 Å². The summed E-state index contributed by atoms with van der Waals surface area (Å²) >= 11 is 1.54. The van der Waals surface area contributed by atoms with Crippen molar-refractivity contribution in [2.24, 2.45) is 0 Å². The van der Waals surface area contributed by atoms with Gasteiger partial charge in [0.25, 0.3) is 5.56 Å². The molecule has 0 bridgehead atoms. The molecule has 106 valence electrons. The van der Waals surface area contributed by atoms with Gasteiger partial charge in [-0.1, -0.05) is 30.0 Å². The van der Waals surface area contributed by atoms with E-state index >= 15 is 0 Å². The van der Waals surface area contributed by atoms with Crippen LogP contribution in [0, 0.1) is 0 Å². The maximum Gasteiger partial charge on any atom is 0.273 e. The number of thioether (sulfide) groups is 1. The first-order valence-corrected chi connectivity index (χ1v) is 7.55. The van der Waals surface area contributed by atoms with Gasteiger partial charge in [-0.05, 0) is 26.0 Å². The molecule has 0 aliphatic heterocycles. The molecule has 20 heavy (non-hydrogen) atoms. The third-order valence-electron chi connectivity index (χ3n) is 2.69. The predicted molar refractivity (Wildman–Crippen MR) is 81.5 cm³/mol. The third kappa shape index (κ3) is 4.13. The standard InChI is InChI=1S/C15H18N2O2S/c1-12(2)17-9-8-14(18)16-15(17)20-11-10-19-13-6-4-3-5-7-13/h3-9,12H,10-11H2,1-2H3. The molecule has 0 amide bonds. The molecule has 0 atom stereocenters. The second-order valence-corrected chi connectivity index (χ2v) is 5.62. The summed E-state index contributed by atoms with van der Waals surface area (Å²) in [5.74, 6) is 1.60. The molecule has 4 nitrogen and oxygen atoms in total. The number of rotatable bonds is 6. The quantitative estimate of drug-likeness (QED) is 0.466. The Kier molecular flexibility index (Phi) is 5.24. The minimum atomic E-state index is -0.201. The molecule has 0 unspecified atom stereocenters. The number of ether oxygens (including phenoxy) is 1. The number of hydrogen-bond acceptors (Lipinski definition) is 4. The van der Waals surface area contributed by atoms with Crippen LogP contribution in [0.1, 0.15) is 19.9 Å². The molecule has 0 radical (unpaired) electrons. The van der Waals surface area contributed by atoms with E-state index in [2.05, 4.69) is 18.8 Å². The first kappa shape index (κ1) is 14.7. The van der Waals surface area contributed by atoms with Crippen LogP contribution in [0.2, 0.25) is 0 Å². The van der Waals surface area contributed by atoms with Crippen LogP contribution in [-0.4, -0.2) is 21.9 Å². The van der Waals surface area contributed by atoms with Crippen LogP contribution >= 0.6 is 11.8 Å². The second kappa shape index (κ2) is 7.14. The van der Waals surface area contributed by atoms with Crippen LogP contribution in [0.15, 0.2) is 52.5 Å². The normalized spacial score (nSPS) is 10.8. The van der Waals surface area contributed by atoms with Crippen molar-refractivity contribution >= 4 is 11.8 Å². The first-order valence-electron chi connectivity index (χ1n) is 6.56. The summed E-state index contributed by atoms with van der Waals surface area (Å²) in [6.07, 6.45) is 1.79. The van der Waals surface area contributed by atoms with E-state index in [1.54, 1.807) is 6.20 Å². The monoisotopic (exact) mass is 290 g/mol. The molecule has 1 aromatic heterocycles. The summed E-state index contributed by atoms with van der Waals surface area (Å²) in [5, 5.41) is 0.740. The van der Waals surface area contributed by atoms with Crippen molar-refractivity contribution in [3.05, 3.63) is 52.9 Å². The highest BCUT2D eigenvalue weighted by Crippen LogP contribution is 2.18. The lowest BCUT2D eigenvalue weighted by Crippen LogP contribution is -2.15. The molecular weight excluding hydrogens is 272 g/mol. The van der Waals surface area contributed by atoms with Gasteiger partial charge in [0, 0.05) is 24.1 Å². The average molecular weight is 290 g/mol. The van der Waals surface area contributed by atoms with Gasteiger partial charge in [0.15, 0.2) is 5.16 Å². The van der Waals surface area contributed by atoms with Gasteiger partial charge < -0.3 is 9.30 Å². The number of nitrogens with zero attached hydrogens (tertiary/aromatic N) is 2. The zero-order valence-corrected chi connectivity index (χ0v) is 12.5. The fourth-order valence-electron chi connectivity index (χ4n) is 1.71. The SMILES string of the molecule is CC(C)n1ccc(=O)nc1SCCOc1ccccc1. The Morgan fingerprint density at radius 3 is 2.70 bits per heavy atom. The van der Waals surface area contributed by atoms with Crippen molar-refractivity contribution in [1.29, 1.82) is 0 Å². The van der Waals surface area contributed by atoms with Gasteiger partial charge in [-0.3, -0.25) is 4.79 Å². The van der Waals surface area contributed by atoms with E-state index in [1.165, 1.54) is 17.8 Å². The molecular formula is C15H18N2O2S. The van der Waals surface area contributed by atoms with Crippen molar-refractivity contribution in [2.45, 2.75) is 25.0 Å². The van der Waals surface area contributed by atoms with E-state index in [0.29, 0.717) is 6.61 Å². The van der Waals surface area contributed by atoms with Gasteiger partial charge in [0.05, 0.1) is 6.61 Å². The van der Waals surface area contributed by atoms with Crippen molar-refractivity contribution in [3.63, 3.8) is 0 Å². The van der Waals surface area contributed by atoms with E-state index in [1.807, 2.05) is 34.9 Å². The Morgan fingerprint density at radius 1 is 1.25 bits per heavy atom. The highest BCUT2D eigenvalue weighted by atomic mass is 32.2. The third-order valence-corrected chi connectivity index (χ3v) is 3.62. The van der Waals surface area contributed by atoms with Gasteiger partial charge in [-0.25, -0.2) is 0 Å². The van der Waals surface area contributed by atoms with E-state index in [-0.39, 0.29) is 11.6 Å². The smallest absolute Gasteiger partial charge is 0.273 e. The highest BCUT2D eigenvalue weighted by Gasteiger charge is 2.06. The van der Waals surface area contributed by atoms with E-state index in [9.17, 15) is 4.79 Å². The van der Waals surface area contributed by atoms with Gasteiger partial charge in [0.2, 0.25) is 0 Å². The Hall–Kier alpha value is -1.75. The lowest BCUT2D eigenvalue weighted by Gasteiger charge is -2.14. The maximum atomic E-state index is 11.4. The number of hydrogen-bond donors (Lipinski definition) is 0. The highest BCUT2D eigenvalue weighted by molar-refractivity contribution is 7.99. The van der Waals surface area contributed by atoms with Crippen LogP contribution in [0.25, 0.3) is 0 Å². The molecule has 0 saturated heterocycles. The minimum absolute atomic E-state index is 0.201. The predicted octanol–water partition coefficient (Wildman–Crippen LogP) is 3.00. The molecule has 0 spiro atoms. The molecule has 1 heterocycles. The molecule has 0 N–H and O–H groups in total. The molecule has 2 aromatic rings. The largest absolute Gasteiger partial charge is 0.493 e. The lowest BCUT2D eigenvalue weighted by molar-refractivity contribution is 0.343. The molecule has 0 aliphatic carbocycles. The van der Waals surface area contributed by atoms with Gasteiger partial charge in [0.1, 0.15) is 5.75 Å². The maximum absolute atomic E-state index is 11.4. The summed E-state index contributed by atoms with van der Waals surface area (Å²) in [6.45, 7) is 4.71. The van der Waals surface area contributed by atoms with Crippen molar-refractivity contribution in [1.82, 2.24) is 9.55 Å². The minimum Gasteiger partial charge on any atom is -0.493 e. The van der Waals surface area contributed by atoms with Crippen molar-refractivity contribution in [2.75, 3.05) is 12.4 Å². The molecule has 0 aliphatic rings. The lowest BCUT2D eigenvalue weighted by atomic mass is 10.3. The zero-order chi connectivity index (χ0) is 14.4. The number of para-hydroxylation sites is 1. The average Bonchev–Trinajstić information content (AvgIpc) is 2.44. The van der Waals surface area contributed by atoms with Crippen molar-refractivity contribution in [3.8, 4) is 5.75 Å². The summed E-state index contributed by atoms with van der Waals surface area (Å²) in [7, 11) is 0. The topological polar surface area (TPSA) is 44.1 Å². The fraction of sp³-hybridized carbons (Fsp3) is 0.333. The Balaban J connectivity index is 1.91. The summed E-state index contributed by atoms with van der Waals surface area (Å²) in [6, 6.07) is 11.5. The van der Waals surface area contributed by atoms with E-state index in [0.717, 1.165) is 16.7 Å².